The zero-order valence-electron chi connectivity index (χ0n) is 12.4. The van der Waals surface area contributed by atoms with Gasteiger partial charge in [0.1, 0.15) is 0 Å². The van der Waals surface area contributed by atoms with E-state index in [1.165, 1.54) is 0 Å². The van der Waals surface area contributed by atoms with Crippen LogP contribution in [-0.4, -0.2) is 5.91 Å². The Kier molecular flexibility index (Phi) is 4.39. The lowest BCUT2D eigenvalue weighted by Crippen LogP contribution is -2.17. The summed E-state index contributed by atoms with van der Waals surface area (Å²) in [7, 11) is 0. The molecule has 2 aromatic rings. The maximum Gasteiger partial charge on any atom is 0.255 e. The van der Waals surface area contributed by atoms with E-state index in [9.17, 15) is 10.1 Å². The molecule has 4 nitrogen and oxygen atoms in total. The molecule has 22 heavy (non-hydrogen) atoms. The van der Waals surface area contributed by atoms with Gasteiger partial charge in [0.15, 0.2) is 0 Å². The molecule has 2 rings (SSSR count). The molecule has 0 aromatic heterocycles. The predicted octanol–water partition coefficient (Wildman–Crippen LogP) is 3.98. The van der Waals surface area contributed by atoms with Gasteiger partial charge < -0.3 is 11.1 Å². The third kappa shape index (κ3) is 3.38. The molecule has 0 radical (unpaired) electrons. The highest BCUT2D eigenvalue weighted by atomic mass is 35.5. The van der Waals surface area contributed by atoms with E-state index >= 15 is 0 Å². The van der Waals surface area contributed by atoms with E-state index in [0.29, 0.717) is 22.0 Å². The third-order valence-corrected chi connectivity index (χ3v) is 3.69. The van der Waals surface area contributed by atoms with Crippen LogP contribution in [-0.2, 0) is 5.41 Å². The number of benzene rings is 2. The maximum absolute atomic E-state index is 12.4. The first kappa shape index (κ1) is 15.9. The summed E-state index contributed by atoms with van der Waals surface area (Å²) in [6.45, 7) is 3.61. The van der Waals surface area contributed by atoms with Gasteiger partial charge in [-0.3, -0.25) is 4.79 Å². The number of carbonyl (C=O) groups excluding carboxylic acids is 1. The molecule has 2 aromatic carbocycles. The fraction of sp³-hybridized carbons (Fsp3) is 0.176. The SMILES string of the molecule is CC(C)(C#N)c1cccc(C(=O)Nc2cc(N)ccc2Cl)c1. The third-order valence-electron chi connectivity index (χ3n) is 3.36. The first-order chi connectivity index (χ1) is 10.3. The Balaban J connectivity index is 2.29. The Morgan fingerprint density at radius 3 is 2.68 bits per heavy atom. The van der Waals surface area contributed by atoms with Crippen LogP contribution in [0.5, 0.6) is 0 Å². The number of nitriles is 1. The van der Waals surface area contributed by atoms with E-state index in [1.807, 2.05) is 6.07 Å². The van der Waals surface area contributed by atoms with Crippen molar-refractivity contribution >= 4 is 28.9 Å². The average molecular weight is 314 g/mol. The van der Waals surface area contributed by atoms with Gasteiger partial charge in [0.2, 0.25) is 0 Å². The second kappa shape index (κ2) is 6.08. The summed E-state index contributed by atoms with van der Waals surface area (Å²) in [5.41, 5.74) is 7.24. The summed E-state index contributed by atoms with van der Waals surface area (Å²) in [6.07, 6.45) is 0. The fourth-order valence-electron chi connectivity index (χ4n) is 1.95. The number of amides is 1. The van der Waals surface area contributed by atoms with Gasteiger partial charge in [0, 0.05) is 11.3 Å². The van der Waals surface area contributed by atoms with E-state index in [4.69, 9.17) is 17.3 Å². The zero-order chi connectivity index (χ0) is 16.3. The summed E-state index contributed by atoms with van der Waals surface area (Å²) in [5.74, 6) is -0.303. The van der Waals surface area contributed by atoms with Crippen molar-refractivity contribution in [1.29, 1.82) is 5.26 Å². The minimum atomic E-state index is -0.662. The quantitative estimate of drug-likeness (QED) is 0.841. The highest BCUT2D eigenvalue weighted by Crippen LogP contribution is 2.26. The van der Waals surface area contributed by atoms with Crippen LogP contribution in [0.3, 0.4) is 0 Å². The van der Waals surface area contributed by atoms with E-state index in [2.05, 4.69) is 11.4 Å². The average Bonchev–Trinajstić information content (AvgIpc) is 2.51. The van der Waals surface area contributed by atoms with Gasteiger partial charge in [-0.1, -0.05) is 23.7 Å². The van der Waals surface area contributed by atoms with E-state index in [-0.39, 0.29) is 5.91 Å². The molecule has 0 aliphatic rings. The highest BCUT2D eigenvalue weighted by Gasteiger charge is 2.21. The first-order valence-corrected chi connectivity index (χ1v) is 7.09. The Morgan fingerprint density at radius 1 is 1.27 bits per heavy atom. The van der Waals surface area contributed by atoms with Crippen LogP contribution in [0.1, 0.15) is 29.8 Å². The Hall–Kier alpha value is -2.51. The molecule has 0 aliphatic heterocycles. The molecule has 0 heterocycles. The second-order valence-electron chi connectivity index (χ2n) is 5.51. The van der Waals surface area contributed by atoms with Crippen LogP contribution in [0.2, 0.25) is 5.02 Å². The summed E-state index contributed by atoms with van der Waals surface area (Å²) in [4.78, 5) is 12.4. The molecular formula is C17H16ClN3O. The largest absolute Gasteiger partial charge is 0.399 e. The number of nitrogen functional groups attached to an aromatic ring is 1. The minimum Gasteiger partial charge on any atom is -0.399 e. The molecule has 0 saturated carbocycles. The molecule has 0 spiro atoms. The van der Waals surface area contributed by atoms with Crippen molar-refractivity contribution in [3.05, 3.63) is 58.6 Å². The van der Waals surface area contributed by atoms with Crippen LogP contribution in [0.15, 0.2) is 42.5 Å². The van der Waals surface area contributed by atoms with Crippen LogP contribution in [0.25, 0.3) is 0 Å². The number of nitrogens with zero attached hydrogens (tertiary/aromatic N) is 1. The summed E-state index contributed by atoms with van der Waals surface area (Å²) in [6, 6.07) is 14.1. The Labute approximate surface area is 134 Å². The van der Waals surface area contributed by atoms with Crippen molar-refractivity contribution in [3.8, 4) is 6.07 Å². The molecule has 3 N–H and O–H groups in total. The van der Waals surface area contributed by atoms with Crippen LogP contribution in [0, 0.1) is 11.3 Å². The molecule has 112 valence electrons. The molecular weight excluding hydrogens is 298 g/mol. The summed E-state index contributed by atoms with van der Waals surface area (Å²) >= 11 is 6.04. The van der Waals surface area contributed by atoms with Gasteiger partial charge in [-0.05, 0) is 49.7 Å². The normalized spacial score (nSPS) is 10.8. The number of hydrogen-bond donors (Lipinski definition) is 2. The van der Waals surface area contributed by atoms with E-state index < -0.39 is 5.41 Å². The van der Waals surface area contributed by atoms with Gasteiger partial charge >= 0.3 is 0 Å². The Bertz CT molecular complexity index is 763. The molecule has 0 unspecified atom stereocenters. The molecule has 0 saturated heterocycles. The number of nitrogens with one attached hydrogen (secondary N) is 1. The lowest BCUT2D eigenvalue weighted by Gasteiger charge is -2.16. The molecule has 0 atom stereocenters. The smallest absolute Gasteiger partial charge is 0.255 e. The number of halogens is 1. The monoisotopic (exact) mass is 313 g/mol. The van der Waals surface area contributed by atoms with Crippen molar-refractivity contribution in [2.75, 3.05) is 11.1 Å². The van der Waals surface area contributed by atoms with Gasteiger partial charge in [-0.2, -0.15) is 5.26 Å². The number of rotatable bonds is 3. The minimum absolute atomic E-state index is 0.303. The van der Waals surface area contributed by atoms with Crippen molar-refractivity contribution in [2.45, 2.75) is 19.3 Å². The summed E-state index contributed by atoms with van der Waals surface area (Å²) in [5, 5.41) is 12.3. The van der Waals surface area contributed by atoms with Crippen LogP contribution < -0.4 is 11.1 Å². The van der Waals surface area contributed by atoms with Crippen molar-refractivity contribution in [1.82, 2.24) is 0 Å². The number of carbonyl (C=O) groups is 1. The van der Waals surface area contributed by atoms with Crippen LogP contribution >= 0.6 is 11.6 Å². The maximum atomic E-state index is 12.4. The van der Waals surface area contributed by atoms with E-state index in [0.717, 1.165) is 5.56 Å². The summed E-state index contributed by atoms with van der Waals surface area (Å²) < 4.78 is 0. The van der Waals surface area contributed by atoms with Crippen molar-refractivity contribution < 1.29 is 4.79 Å². The highest BCUT2D eigenvalue weighted by molar-refractivity contribution is 6.34. The number of anilines is 2. The molecule has 0 bridgehead atoms. The first-order valence-electron chi connectivity index (χ1n) is 6.71. The topological polar surface area (TPSA) is 78.9 Å². The van der Waals surface area contributed by atoms with Crippen LogP contribution in [0.4, 0.5) is 11.4 Å². The molecule has 0 aliphatic carbocycles. The van der Waals surface area contributed by atoms with Crippen molar-refractivity contribution in [2.24, 2.45) is 0 Å². The van der Waals surface area contributed by atoms with Gasteiger partial charge in [-0.15, -0.1) is 0 Å². The zero-order valence-corrected chi connectivity index (χ0v) is 13.1. The standard InChI is InChI=1S/C17H16ClN3O/c1-17(2,10-19)12-5-3-4-11(8-12)16(22)21-15-9-13(20)6-7-14(15)18/h3-9H,20H2,1-2H3,(H,21,22). The molecule has 0 fully saturated rings. The van der Waals surface area contributed by atoms with Gasteiger partial charge in [-0.25, -0.2) is 0 Å². The van der Waals surface area contributed by atoms with Crippen molar-refractivity contribution in [3.63, 3.8) is 0 Å². The number of hydrogen-bond acceptors (Lipinski definition) is 3. The van der Waals surface area contributed by atoms with E-state index in [1.54, 1.807) is 50.2 Å². The molecule has 1 amide bonds. The lowest BCUT2D eigenvalue weighted by atomic mass is 9.85. The lowest BCUT2D eigenvalue weighted by molar-refractivity contribution is 0.102. The second-order valence-corrected chi connectivity index (χ2v) is 5.92. The van der Waals surface area contributed by atoms with Gasteiger partial charge in [0.05, 0.1) is 22.2 Å². The van der Waals surface area contributed by atoms with Gasteiger partial charge in [0.25, 0.3) is 5.91 Å². The Morgan fingerprint density at radius 2 is 2.00 bits per heavy atom. The molecule has 5 heteroatoms. The predicted molar refractivity (Wildman–Crippen MR) is 88.9 cm³/mol. The fourth-order valence-corrected chi connectivity index (χ4v) is 2.11. The number of nitrogens with two attached hydrogens (primary N) is 1.